The van der Waals surface area contributed by atoms with Gasteiger partial charge in [-0.05, 0) is 0 Å². The molecule has 17 heavy (non-hydrogen) atoms. The van der Waals surface area contributed by atoms with Gasteiger partial charge in [-0.1, -0.05) is 22.6 Å². The van der Waals surface area contributed by atoms with E-state index in [1.807, 2.05) is 22.6 Å². The molecule has 0 fully saturated rings. The van der Waals surface area contributed by atoms with Crippen molar-refractivity contribution in [3.8, 4) is 12.3 Å². The number of hydrogen-bond donors (Lipinski definition) is 2. The zero-order valence-corrected chi connectivity index (χ0v) is 11.8. The molecular weight excluding hydrogens is 335 g/mol. The Kier molecular flexibility index (Phi) is 11.1. The summed E-state index contributed by atoms with van der Waals surface area (Å²) in [5.74, 6) is 2.33. The fourth-order valence-corrected chi connectivity index (χ4v) is 1.22. The van der Waals surface area contributed by atoms with Gasteiger partial charge in [0.2, 0.25) is 11.8 Å². The number of hydrogen-bond acceptors (Lipinski definition) is 3. The molecular formula is C11H17IN2O3. The predicted molar refractivity (Wildman–Crippen MR) is 73.8 cm³/mol. The van der Waals surface area contributed by atoms with Crippen molar-refractivity contribution >= 4 is 34.4 Å². The van der Waals surface area contributed by atoms with Crippen LogP contribution in [0.3, 0.4) is 0 Å². The summed E-state index contributed by atoms with van der Waals surface area (Å²) in [5.41, 5.74) is 0. The first kappa shape index (κ1) is 16.2. The molecule has 0 aliphatic heterocycles. The fraction of sp³-hybridized carbons (Fsp3) is 0.636. The Hall–Kier alpha value is -0.810. The van der Waals surface area contributed by atoms with Crippen LogP contribution < -0.4 is 10.6 Å². The van der Waals surface area contributed by atoms with Gasteiger partial charge in [0.1, 0.15) is 0 Å². The minimum Gasteiger partial charge on any atom is -0.378 e. The van der Waals surface area contributed by atoms with Crippen LogP contribution in [0.1, 0.15) is 12.8 Å². The van der Waals surface area contributed by atoms with E-state index in [0.29, 0.717) is 43.6 Å². The first-order valence-electron chi connectivity index (χ1n) is 5.31. The Morgan fingerprint density at radius 2 is 1.76 bits per heavy atom. The smallest absolute Gasteiger partial charge is 0.229 e. The van der Waals surface area contributed by atoms with Crippen LogP contribution in [-0.2, 0) is 14.3 Å². The van der Waals surface area contributed by atoms with Crippen molar-refractivity contribution in [1.82, 2.24) is 10.6 Å². The van der Waals surface area contributed by atoms with E-state index >= 15 is 0 Å². The van der Waals surface area contributed by atoms with Crippen LogP contribution in [0, 0.1) is 12.3 Å². The van der Waals surface area contributed by atoms with Crippen molar-refractivity contribution in [3.63, 3.8) is 0 Å². The molecule has 0 aromatic heterocycles. The number of nitrogens with one attached hydrogen (secondary N) is 2. The molecule has 0 aliphatic carbocycles. The summed E-state index contributed by atoms with van der Waals surface area (Å²) in [6.45, 7) is 1.83. The van der Waals surface area contributed by atoms with E-state index in [4.69, 9.17) is 11.2 Å². The Labute approximate surface area is 115 Å². The van der Waals surface area contributed by atoms with Gasteiger partial charge in [0.25, 0.3) is 0 Å². The van der Waals surface area contributed by atoms with Crippen molar-refractivity contribution in [1.29, 1.82) is 0 Å². The second-order valence-electron chi connectivity index (χ2n) is 3.15. The Bertz CT molecular complexity index is 276. The second kappa shape index (κ2) is 11.7. The number of halogens is 1. The van der Waals surface area contributed by atoms with Crippen LogP contribution >= 0.6 is 22.6 Å². The number of ether oxygens (including phenoxy) is 1. The van der Waals surface area contributed by atoms with Gasteiger partial charge < -0.3 is 15.4 Å². The van der Waals surface area contributed by atoms with Crippen molar-refractivity contribution in [3.05, 3.63) is 0 Å². The van der Waals surface area contributed by atoms with E-state index in [2.05, 4.69) is 16.6 Å². The van der Waals surface area contributed by atoms with Crippen LogP contribution in [0.2, 0.25) is 0 Å². The van der Waals surface area contributed by atoms with Gasteiger partial charge in [0, 0.05) is 25.9 Å². The standard InChI is InChI=1S/C11H17IN2O3/c1-2-3-4-10(15)13-5-7-17-8-6-14-11(16)9-12/h1H,3-9H2,(H,13,15)(H,14,16). The van der Waals surface area contributed by atoms with Gasteiger partial charge in [-0.25, -0.2) is 0 Å². The first-order valence-corrected chi connectivity index (χ1v) is 6.83. The lowest BCUT2D eigenvalue weighted by Gasteiger charge is -2.06. The summed E-state index contributed by atoms with van der Waals surface area (Å²) in [6, 6.07) is 0. The number of carbonyl (C=O) groups excluding carboxylic acids is 2. The highest BCUT2D eigenvalue weighted by Gasteiger charge is 1.99. The van der Waals surface area contributed by atoms with Crippen LogP contribution in [0.25, 0.3) is 0 Å². The second-order valence-corrected chi connectivity index (χ2v) is 3.91. The molecule has 0 unspecified atom stereocenters. The highest BCUT2D eigenvalue weighted by atomic mass is 127. The summed E-state index contributed by atoms with van der Waals surface area (Å²) in [4.78, 5) is 21.9. The third-order valence-electron chi connectivity index (χ3n) is 1.75. The molecule has 0 saturated carbocycles. The van der Waals surface area contributed by atoms with E-state index in [9.17, 15) is 9.59 Å². The van der Waals surface area contributed by atoms with Crippen molar-refractivity contribution < 1.29 is 14.3 Å². The van der Waals surface area contributed by atoms with E-state index in [1.54, 1.807) is 0 Å². The van der Waals surface area contributed by atoms with E-state index in [0.717, 1.165) is 0 Å². The molecule has 0 aromatic carbocycles. The highest BCUT2D eigenvalue weighted by Crippen LogP contribution is 1.85. The molecule has 2 N–H and O–H groups in total. The minimum absolute atomic E-state index is 0.00297. The van der Waals surface area contributed by atoms with E-state index in [-0.39, 0.29) is 11.8 Å². The van der Waals surface area contributed by atoms with Crippen molar-refractivity contribution in [2.45, 2.75) is 12.8 Å². The Morgan fingerprint density at radius 3 is 2.29 bits per heavy atom. The topological polar surface area (TPSA) is 67.4 Å². The highest BCUT2D eigenvalue weighted by molar-refractivity contribution is 14.1. The van der Waals surface area contributed by atoms with Gasteiger partial charge >= 0.3 is 0 Å². The largest absolute Gasteiger partial charge is 0.378 e. The van der Waals surface area contributed by atoms with E-state index in [1.165, 1.54) is 0 Å². The zero-order chi connectivity index (χ0) is 12.9. The maximum absolute atomic E-state index is 11.1. The van der Waals surface area contributed by atoms with Gasteiger partial charge in [0.05, 0.1) is 17.6 Å². The molecule has 0 radical (unpaired) electrons. The third kappa shape index (κ3) is 11.5. The fourth-order valence-electron chi connectivity index (χ4n) is 0.949. The molecule has 2 amide bonds. The average molecular weight is 352 g/mol. The molecule has 96 valence electrons. The zero-order valence-electron chi connectivity index (χ0n) is 9.63. The van der Waals surface area contributed by atoms with Gasteiger partial charge in [-0.3, -0.25) is 9.59 Å². The molecule has 0 aromatic rings. The first-order chi connectivity index (χ1) is 8.20. The summed E-state index contributed by atoms with van der Waals surface area (Å²) in [7, 11) is 0. The molecule has 0 atom stereocenters. The van der Waals surface area contributed by atoms with Crippen LogP contribution in [0.15, 0.2) is 0 Å². The maximum atomic E-state index is 11.1. The predicted octanol–water partition coefficient (Wildman–Crippen LogP) is 0.0838. The lowest BCUT2D eigenvalue weighted by molar-refractivity contribution is -0.121. The van der Waals surface area contributed by atoms with Crippen LogP contribution in [0.5, 0.6) is 0 Å². The SMILES string of the molecule is C#CCCC(=O)NCCOCCNC(=O)CI. The summed E-state index contributed by atoms with van der Waals surface area (Å²) in [5, 5.41) is 5.36. The van der Waals surface area contributed by atoms with Crippen LogP contribution in [-0.4, -0.2) is 42.5 Å². The quantitative estimate of drug-likeness (QED) is 0.267. The van der Waals surface area contributed by atoms with Crippen molar-refractivity contribution in [2.75, 3.05) is 30.7 Å². The lowest BCUT2D eigenvalue weighted by atomic mass is 10.3. The number of terminal acetylenes is 1. The minimum atomic E-state index is -0.0650. The molecule has 0 rings (SSSR count). The number of rotatable bonds is 9. The maximum Gasteiger partial charge on any atom is 0.229 e. The molecule has 0 heterocycles. The average Bonchev–Trinajstić information content (AvgIpc) is 2.34. The van der Waals surface area contributed by atoms with Gasteiger partial charge in [-0.15, -0.1) is 12.3 Å². The number of amides is 2. The molecule has 0 aliphatic rings. The van der Waals surface area contributed by atoms with Crippen LogP contribution in [0.4, 0.5) is 0 Å². The summed E-state index contributed by atoms with van der Waals surface area (Å²) in [6.07, 6.45) is 5.84. The number of alkyl halides is 1. The lowest BCUT2D eigenvalue weighted by Crippen LogP contribution is -2.30. The molecule has 0 spiro atoms. The molecule has 6 heteroatoms. The van der Waals surface area contributed by atoms with E-state index < -0.39 is 0 Å². The Balaban J connectivity index is 3.21. The van der Waals surface area contributed by atoms with Gasteiger partial charge in [-0.2, -0.15) is 0 Å². The summed E-state index contributed by atoms with van der Waals surface area (Å²) >= 11 is 1.99. The normalized spacial score (nSPS) is 9.41. The molecule has 0 saturated heterocycles. The third-order valence-corrected chi connectivity index (χ3v) is 2.45. The Morgan fingerprint density at radius 1 is 1.18 bits per heavy atom. The number of carbonyl (C=O) groups is 2. The molecule has 5 nitrogen and oxygen atoms in total. The molecule has 0 bridgehead atoms. The monoisotopic (exact) mass is 352 g/mol. The van der Waals surface area contributed by atoms with Gasteiger partial charge in [0.15, 0.2) is 0 Å². The summed E-state index contributed by atoms with van der Waals surface area (Å²) < 4.78 is 5.66. The van der Waals surface area contributed by atoms with Crippen molar-refractivity contribution in [2.24, 2.45) is 0 Å².